The summed E-state index contributed by atoms with van der Waals surface area (Å²) < 4.78 is 1.50. The number of benzene rings is 2. The number of hydrogen-bond donors (Lipinski definition) is 1. The van der Waals surface area contributed by atoms with E-state index in [-0.39, 0.29) is 35.0 Å². The van der Waals surface area contributed by atoms with Crippen LogP contribution < -0.4 is 5.32 Å². The number of nitrogens with zero attached hydrogens (tertiary/aromatic N) is 3. The summed E-state index contributed by atoms with van der Waals surface area (Å²) in [5.41, 5.74) is 2.32. The molecule has 0 bridgehead atoms. The van der Waals surface area contributed by atoms with E-state index in [4.69, 9.17) is 11.6 Å². The van der Waals surface area contributed by atoms with Crippen LogP contribution in [-0.2, 0) is 4.79 Å². The molecule has 162 valence electrons. The van der Waals surface area contributed by atoms with E-state index < -0.39 is 5.91 Å². The van der Waals surface area contributed by atoms with Gasteiger partial charge in [0.15, 0.2) is 0 Å². The lowest BCUT2D eigenvalue weighted by atomic mass is 10.2. The van der Waals surface area contributed by atoms with Gasteiger partial charge in [0, 0.05) is 13.1 Å². The molecule has 1 aliphatic heterocycles. The highest BCUT2D eigenvalue weighted by atomic mass is 35.5. The molecule has 0 aliphatic carbocycles. The molecule has 0 spiro atoms. The maximum atomic E-state index is 12.7. The third-order valence-electron chi connectivity index (χ3n) is 4.82. The minimum Gasteiger partial charge on any atom is -0.350 e. The van der Waals surface area contributed by atoms with Crippen LogP contribution >= 0.6 is 23.4 Å². The Morgan fingerprint density at radius 3 is 2.44 bits per heavy atom. The summed E-state index contributed by atoms with van der Waals surface area (Å²) >= 11 is 7.31. The van der Waals surface area contributed by atoms with Crippen molar-refractivity contribution in [3.8, 4) is 5.69 Å². The molecule has 1 N–H and O–H groups in total. The molecule has 2 aromatic carbocycles. The molecular formula is C23H19ClN4O3S. The highest BCUT2D eigenvalue weighted by molar-refractivity contribution is 8.18. The number of halogens is 1. The predicted octanol–water partition coefficient (Wildman–Crippen LogP) is 4.30. The van der Waals surface area contributed by atoms with E-state index in [9.17, 15) is 14.4 Å². The summed E-state index contributed by atoms with van der Waals surface area (Å²) in [7, 11) is 0. The molecule has 32 heavy (non-hydrogen) atoms. The number of amides is 3. The van der Waals surface area contributed by atoms with Gasteiger partial charge in [-0.05, 0) is 42.5 Å². The second kappa shape index (κ2) is 9.42. The van der Waals surface area contributed by atoms with Gasteiger partial charge in [-0.15, -0.1) is 0 Å². The Morgan fingerprint density at radius 1 is 1.09 bits per heavy atom. The van der Waals surface area contributed by atoms with E-state index in [2.05, 4.69) is 10.4 Å². The molecule has 0 unspecified atom stereocenters. The maximum absolute atomic E-state index is 12.7. The molecule has 4 rings (SSSR count). The van der Waals surface area contributed by atoms with Crippen molar-refractivity contribution in [2.24, 2.45) is 0 Å². The minimum atomic E-state index is -0.415. The smallest absolute Gasteiger partial charge is 0.293 e. The zero-order chi connectivity index (χ0) is 22.7. The fourth-order valence-electron chi connectivity index (χ4n) is 3.26. The predicted molar refractivity (Wildman–Crippen MR) is 125 cm³/mol. The highest BCUT2D eigenvalue weighted by Crippen LogP contribution is 2.32. The first-order valence-corrected chi connectivity index (χ1v) is 11.0. The lowest BCUT2D eigenvalue weighted by Crippen LogP contribution is -2.37. The quantitative estimate of drug-likeness (QED) is 0.547. The van der Waals surface area contributed by atoms with Gasteiger partial charge in [0.25, 0.3) is 17.1 Å². The highest BCUT2D eigenvalue weighted by Gasteiger charge is 2.34. The molecule has 1 saturated heterocycles. The van der Waals surface area contributed by atoms with Crippen molar-refractivity contribution in [1.82, 2.24) is 20.0 Å². The van der Waals surface area contributed by atoms with Crippen molar-refractivity contribution in [3.63, 3.8) is 0 Å². The number of rotatable bonds is 6. The van der Waals surface area contributed by atoms with E-state index in [1.54, 1.807) is 13.0 Å². The van der Waals surface area contributed by atoms with E-state index in [1.807, 2.05) is 60.7 Å². The summed E-state index contributed by atoms with van der Waals surface area (Å²) in [6.07, 6.45) is 1.69. The molecule has 1 aliphatic rings. The summed E-state index contributed by atoms with van der Waals surface area (Å²) in [4.78, 5) is 39.1. The first kappa shape index (κ1) is 21.9. The molecule has 3 aromatic rings. The average molecular weight is 467 g/mol. The van der Waals surface area contributed by atoms with E-state index in [0.29, 0.717) is 10.6 Å². The van der Waals surface area contributed by atoms with Crippen molar-refractivity contribution in [2.45, 2.75) is 6.92 Å². The SMILES string of the molecule is Cc1nn(-c2ccccc2)c(Cl)c1C(=O)NCCN1C(=O)S/C(=C\c2ccccc2)C1=O. The first-order chi connectivity index (χ1) is 15.5. The van der Waals surface area contributed by atoms with Crippen molar-refractivity contribution < 1.29 is 14.4 Å². The number of aryl methyl sites for hydroxylation is 1. The molecule has 0 atom stereocenters. The van der Waals surface area contributed by atoms with Crippen LogP contribution in [0.1, 0.15) is 21.6 Å². The van der Waals surface area contributed by atoms with Crippen LogP contribution in [0, 0.1) is 6.92 Å². The van der Waals surface area contributed by atoms with Crippen LogP contribution in [-0.4, -0.2) is 44.8 Å². The number of para-hydroxylation sites is 1. The zero-order valence-electron chi connectivity index (χ0n) is 17.1. The Labute approximate surface area is 194 Å². The summed E-state index contributed by atoms with van der Waals surface area (Å²) in [5, 5.41) is 6.92. The third-order valence-corrected chi connectivity index (χ3v) is 6.08. The Kier molecular flexibility index (Phi) is 6.43. The van der Waals surface area contributed by atoms with Crippen molar-refractivity contribution >= 4 is 46.5 Å². The largest absolute Gasteiger partial charge is 0.350 e. The molecule has 0 radical (unpaired) electrons. The van der Waals surface area contributed by atoms with Gasteiger partial charge in [-0.2, -0.15) is 5.10 Å². The fourth-order valence-corrected chi connectivity index (χ4v) is 4.48. The van der Waals surface area contributed by atoms with Crippen molar-refractivity contribution in [2.75, 3.05) is 13.1 Å². The number of carbonyl (C=O) groups is 3. The number of carbonyl (C=O) groups excluding carboxylic acids is 3. The Balaban J connectivity index is 1.40. The molecule has 2 heterocycles. The number of aromatic nitrogens is 2. The molecule has 0 saturated carbocycles. The molecule has 3 amide bonds. The van der Waals surface area contributed by atoms with Crippen LogP contribution in [0.25, 0.3) is 11.8 Å². The molecule has 1 aromatic heterocycles. The monoisotopic (exact) mass is 466 g/mol. The number of nitrogens with one attached hydrogen (secondary N) is 1. The van der Waals surface area contributed by atoms with Gasteiger partial charge in [0.05, 0.1) is 21.8 Å². The number of imide groups is 1. The summed E-state index contributed by atoms with van der Waals surface area (Å²) in [5.74, 6) is -0.786. The topological polar surface area (TPSA) is 84.3 Å². The summed E-state index contributed by atoms with van der Waals surface area (Å²) in [6.45, 7) is 1.86. The fraction of sp³-hybridized carbons (Fsp3) is 0.130. The van der Waals surface area contributed by atoms with Crippen LogP contribution in [0.15, 0.2) is 65.6 Å². The number of hydrogen-bond acceptors (Lipinski definition) is 5. The van der Waals surface area contributed by atoms with Crippen molar-refractivity contribution in [1.29, 1.82) is 0 Å². The summed E-state index contributed by atoms with van der Waals surface area (Å²) in [6, 6.07) is 18.6. The van der Waals surface area contributed by atoms with Gasteiger partial charge >= 0.3 is 0 Å². The normalized spacial score (nSPS) is 14.9. The van der Waals surface area contributed by atoms with Crippen molar-refractivity contribution in [3.05, 3.63) is 87.5 Å². The Hall–Kier alpha value is -3.36. The van der Waals surface area contributed by atoms with Crippen LogP contribution in [0.5, 0.6) is 0 Å². The third kappa shape index (κ3) is 4.46. The van der Waals surface area contributed by atoms with Gasteiger partial charge in [0.2, 0.25) is 0 Å². The second-order valence-corrected chi connectivity index (χ2v) is 8.35. The van der Waals surface area contributed by atoms with Gasteiger partial charge in [-0.25, -0.2) is 4.68 Å². The van der Waals surface area contributed by atoms with E-state index in [1.165, 1.54) is 4.68 Å². The van der Waals surface area contributed by atoms with Crippen LogP contribution in [0.4, 0.5) is 4.79 Å². The van der Waals surface area contributed by atoms with Crippen LogP contribution in [0.2, 0.25) is 5.15 Å². The molecule has 1 fully saturated rings. The molecule has 7 nitrogen and oxygen atoms in total. The van der Waals surface area contributed by atoms with Gasteiger partial charge in [-0.3, -0.25) is 19.3 Å². The van der Waals surface area contributed by atoms with Gasteiger partial charge in [0.1, 0.15) is 5.15 Å². The number of thioether (sulfide) groups is 1. The van der Waals surface area contributed by atoms with Crippen LogP contribution in [0.3, 0.4) is 0 Å². The Bertz CT molecular complexity index is 1210. The lowest BCUT2D eigenvalue weighted by Gasteiger charge is -2.13. The average Bonchev–Trinajstić information content (AvgIpc) is 3.24. The second-order valence-electron chi connectivity index (χ2n) is 7.00. The van der Waals surface area contributed by atoms with Gasteiger partial charge < -0.3 is 5.32 Å². The molecule has 9 heteroatoms. The maximum Gasteiger partial charge on any atom is 0.293 e. The Morgan fingerprint density at radius 2 is 1.75 bits per heavy atom. The van der Waals surface area contributed by atoms with Gasteiger partial charge in [-0.1, -0.05) is 60.1 Å². The first-order valence-electron chi connectivity index (χ1n) is 9.85. The zero-order valence-corrected chi connectivity index (χ0v) is 18.7. The van der Waals surface area contributed by atoms with E-state index in [0.717, 1.165) is 27.9 Å². The lowest BCUT2D eigenvalue weighted by molar-refractivity contribution is -0.122. The van der Waals surface area contributed by atoms with E-state index >= 15 is 0 Å². The standard InChI is InChI=1S/C23H19ClN4O3S/c1-15-19(20(24)28(26-15)17-10-6-3-7-11-17)21(29)25-12-13-27-22(30)18(32-23(27)31)14-16-8-4-2-5-9-16/h2-11,14H,12-13H2,1H3,(H,25,29)/b18-14-. The molecular weight excluding hydrogens is 448 g/mol. The minimum absolute atomic E-state index is 0.0615.